The second-order valence-electron chi connectivity index (χ2n) is 8.16. The van der Waals surface area contributed by atoms with Crippen molar-refractivity contribution < 1.29 is 27.5 Å². The molecular weight excluding hydrogens is 420 g/mol. The van der Waals surface area contributed by atoms with E-state index in [1.807, 2.05) is 0 Å². The van der Waals surface area contributed by atoms with Crippen LogP contribution in [0.1, 0.15) is 68.1 Å². The molecule has 0 bridgehead atoms. The average Bonchev–Trinajstić information content (AvgIpc) is 3.08. The van der Waals surface area contributed by atoms with Gasteiger partial charge in [0.2, 0.25) is 10.0 Å². The normalized spacial score (nSPS) is 18.7. The molecule has 0 unspecified atom stereocenters. The van der Waals surface area contributed by atoms with Gasteiger partial charge in [0.05, 0.1) is 12.7 Å². The monoisotopic (exact) mass is 452 g/mol. The second kappa shape index (κ2) is 10.9. The lowest BCUT2D eigenvalue weighted by molar-refractivity contribution is -0.125. The maximum atomic E-state index is 13.2. The zero-order valence-corrected chi connectivity index (χ0v) is 18.9. The average molecular weight is 453 g/mol. The van der Waals surface area contributed by atoms with Gasteiger partial charge in [0.25, 0.3) is 5.91 Å². The highest BCUT2D eigenvalue weighted by molar-refractivity contribution is 7.89. The molecule has 1 saturated carbocycles. The van der Waals surface area contributed by atoms with Crippen LogP contribution in [0.5, 0.6) is 5.75 Å². The van der Waals surface area contributed by atoms with Crippen molar-refractivity contribution in [3.8, 4) is 5.75 Å². The van der Waals surface area contributed by atoms with Crippen LogP contribution in [-0.2, 0) is 19.6 Å². The van der Waals surface area contributed by atoms with Crippen LogP contribution < -0.4 is 10.1 Å². The maximum Gasteiger partial charge on any atom is 0.338 e. The molecule has 3 rings (SSSR count). The fourth-order valence-corrected chi connectivity index (χ4v) is 5.86. The highest BCUT2D eigenvalue weighted by Gasteiger charge is 2.29. The summed E-state index contributed by atoms with van der Waals surface area (Å²) in [6, 6.07) is 4.30. The summed E-state index contributed by atoms with van der Waals surface area (Å²) in [6.07, 6.45) is 8.85. The minimum Gasteiger partial charge on any atom is -0.495 e. The van der Waals surface area contributed by atoms with Gasteiger partial charge in [-0.15, -0.1) is 0 Å². The molecule has 1 heterocycles. The predicted octanol–water partition coefficient (Wildman–Crippen LogP) is 2.87. The van der Waals surface area contributed by atoms with E-state index >= 15 is 0 Å². The summed E-state index contributed by atoms with van der Waals surface area (Å²) in [7, 11) is -2.42. The van der Waals surface area contributed by atoms with E-state index in [9.17, 15) is 18.0 Å². The number of carbonyl (C=O) groups excluding carboxylic acids is 2. The van der Waals surface area contributed by atoms with Crippen molar-refractivity contribution >= 4 is 21.9 Å². The molecule has 1 N–H and O–H groups in total. The molecule has 1 aliphatic carbocycles. The van der Waals surface area contributed by atoms with Crippen LogP contribution in [0.2, 0.25) is 0 Å². The molecule has 1 aliphatic heterocycles. The molecule has 0 spiro atoms. The Hall–Kier alpha value is -2.13. The van der Waals surface area contributed by atoms with Crippen molar-refractivity contribution in [3.63, 3.8) is 0 Å². The minimum atomic E-state index is -3.81. The number of hydrogen-bond donors (Lipinski definition) is 1. The molecule has 0 aromatic heterocycles. The first-order chi connectivity index (χ1) is 14.9. The van der Waals surface area contributed by atoms with E-state index in [0.717, 1.165) is 51.4 Å². The highest BCUT2D eigenvalue weighted by atomic mass is 32.2. The molecule has 31 heavy (non-hydrogen) atoms. The summed E-state index contributed by atoms with van der Waals surface area (Å²) in [5.41, 5.74) is 0.0691. The molecule has 0 atom stereocenters. The van der Waals surface area contributed by atoms with Gasteiger partial charge in [0.1, 0.15) is 10.6 Å². The van der Waals surface area contributed by atoms with Crippen LogP contribution in [0.3, 0.4) is 0 Å². The second-order valence-corrected chi connectivity index (χ2v) is 10.1. The van der Waals surface area contributed by atoms with E-state index in [1.54, 1.807) is 0 Å². The number of sulfonamides is 1. The van der Waals surface area contributed by atoms with Gasteiger partial charge >= 0.3 is 5.97 Å². The fraction of sp³-hybridized carbons (Fsp3) is 0.636. The number of benzene rings is 1. The Morgan fingerprint density at radius 3 is 2.32 bits per heavy atom. The zero-order valence-electron chi connectivity index (χ0n) is 18.1. The molecular formula is C22H32N2O6S. The van der Waals surface area contributed by atoms with Gasteiger partial charge in [-0.2, -0.15) is 4.31 Å². The molecule has 0 radical (unpaired) electrons. The Morgan fingerprint density at radius 2 is 1.68 bits per heavy atom. The smallest absolute Gasteiger partial charge is 0.338 e. The molecule has 8 nitrogen and oxygen atoms in total. The Kier molecular flexibility index (Phi) is 8.31. The molecule has 172 valence electrons. The molecule has 1 aromatic carbocycles. The Bertz CT molecular complexity index is 872. The topological polar surface area (TPSA) is 102 Å². The first-order valence-corrected chi connectivity index (χ1v) is 12.5. The van der Waals surface area contributed by atoms with E-state index in [0.29, 0.717) is 13.1 Å². The third-order valence-corrected chi connectivity index (χ3v) is 7.81. The maximum absolute atomic E-state index is 13.2. The molecule has 1 amide bonds. The summed E-state index contributed by atoms with van der Waals surface area (Å²) in [4.78, 5) is 24.5. The highest BCUT2D eigenvalue weighted by Crippen LogP contribution is 2.29. The Morgan fingerprint density at radius 1 is 1.03 bits per heavy atom. The molecule has 1 aromatic rings. The van der Waals surface area contributed by atoms with Crippen molar-refractivity contribution in [2.75, 3.05) is 26.8 Å². The zero-order chi connectivity index (χ0) is 22.3. The lowest BCUT2D eigenvalue weighted by atomic mass is 9.95. The lowest BCUT2D eigenvalue weighted by Gasteiger charge is -2.22. The SMILES string of the molecule is COc1ccc(C(=O)OCC(=O)NC2CCCCC2)cc1S(=O)(=O)N1CCCCCC1. The number of nitrogens with zero attached hydrogens (tertiary/aromatic N) is 1. The summed E-state index contributed by atoms with van der Waals surface area (Å²) < 4.78 is 38.3. The van der Waals surface area contributed by atoms with E-state index in [-0.39, 0.29) is 28.2 Å². The number of rotatable bonds is 7. The quantitative estimate of drug-likeness (QED) is 0.639. The van der Waals surface area contributed by atoms with Gasteiger partial charge in [-0.3, -0.25) is 4.79 Å². The van der Waals surface area contributed by atoms with E-state index < -0.39 is 22.6 Å². The third kappa shape index (κ3) is 6.20. The molecule has 2 aliphatic rings. The number of esters is 1. The van der Waals surface area contributed by atoms with Gasteiger partial charge < -0.3 is 14.8 Å². The fourth-order valence-electron chi connectivity index (χ4n) is 4.16. The summed E-state index contributed by atoms with van der Waals surface area (Å²) in [5, 5.41) is 2.89. The largest absolute Gasteiger partial charge is 0.495 e. The van der Waals surface area contributed by atoms with E-state index in [2.05, 4.69) is 5.32 Å². The van der Waals surface area contributed by atoms with Crippen LogP contribution in [0.15, 0.2) is 23.1 Å². The lowest BCUT2D eigenvalue weighted by Crippen LogP contribution is -2.38. The van der Waals surface area contributed by atoms with Crippen LogP contribution in [0.4, 0.5) is 0 Å². The summed E-state index contributed by atoms with van der Waals surface area (Å²) in [6.45, 7) is 0.499. The van der Waals surface area contributed by atoms with Gasteiger partial charge in [0, 0.05) is 19.1 Å². The van der Waals surface area contributed by atoms with Crippen molar-refractivity contribution in [3.05, 3.63) is 23.8 Å². The summed E-state index contributed by atoms with van der Waals surface area (Å²) in [5.74, 6) is -0.907. The van der Waals surface area contributed by atoms with Crippen LogP contribution in [0, 0.1) is 0 Å². The van der Waals surface area contributed by atoms with Crippen molar-refractivity contribution in [1.29, 1.82) is 0 Å². The Balaban J connectivity index is 1.68. The number of nitrogens with one attached hydrogen (secondary N) is 1. The van der Waals surface area contributed by atoms with E-state index in [1.165, 1.54) is 36.0 Å². The predicted molar refractivity (Wildman–Crippen MR) is 116 cm³/mol. The number of hydrogen-bond acceptors (Lipinski definition) is 6. The van der Waals surface area contributed by atoms with E-state index in [4.69, 9.17) is 9.47 Å². The van der Waals surface area contributed by atoms with Crippen molar-refractivity contribution in [2.45, 2.75) is 68.7 Å². The molecule has 1 saturated heterocycles. The molecule has 2 fully saturated rings. The van der Waals surface area contributed by atoms with Crippen molar-refractivity contribution in [1.82, 2.24) is 9.62 Å². The number of carbonyl (C=O) groups is 2. The third-order valence-electron chi connectivity index (χ3n) is 5.89. The van der Waals surface area contributed by atoms with Gasteiger partial charge in [0.15, 0.2) is 6.61 Å². The van der Waals surface area contributed by atoms with Crippen molar-refractivity contribution in [2.24, 2.45) is 0 Å². The number of amides is 1. The first-order valence-electron chi connectivity index (χ1n) is 11.1. The van der Waals surface area contributed by atoms with Crippen LogP contribution in [0.25, 0.3) is 0 Å². The Labute approximate surface area is 184 Å². The standard InChI is InChI=1S/C22H32N2O6S/c1-29-19-12-11-17(15-20(19)31(27,28)24-13-7-2-3-8-14-24)22(26)30-16-21(25)23-18-9-5-4-6-10-18/h11-12,15,18H,2-10,13-14,16H2,1H3,(H,23,25). The molecule has 9 heteroatoms. The van der Waals surface area contributed by atoms with Crippen LogP contribution >= 0.6 is 0 Å². The first kappa shape index (κ1) is 23.5. The summed E-state index contributed by atoms with van der Waals surface area (Å²) >= 11 is 0. The van der Waals surface area contributed by atoms with Crippen LogP contribution in [-0.4, -0.2) is 57.4 Å². The minimum absolute atomic E-state index is 0.0574. The van der Waals surface area contributed by atoms with Gasteiger partial charge in [-0.05, 0) is 43.9 Å². The van der Waals surface area contributed by atoms with Gasteiger partial charge in [-0.1, -0.05) is 32.1 Å². The van der Waals surface area contributed by atoms with Gasteiger partial charge in [-0.25, -0.2) is 13.2 Å². The number of methoxy groups -OCH3 is 1. The number of ether oxygens (including phenoxy) is 2.